The Morgan fingerprint density at radius 1 is 1.34 bits per heavy atom. The Labute approximate surface area is 175 Å². The molecule has 0 bridgehead atoms. The summed E-state index contributed by atoms with van der Waals surface area (Å²) in [4.78, 5) is 37.8. The normalized spacial score (nSPS) is 15.7. The number of H-pyrrole nitrogens is 1. The number of anilines is 1. The van der Waals surface area contributed by atoms with Crippen LogP contribution in [0, 0.1) is 0 Å². The number of amides is 1. The molecule has 2 N–H and O–H groups in total. The van der Waals surface area contributed by atoms with Crippen molar-refractivity contribution < 1.29 is 9.63 Å². The van der Waals surface area contributed by atoms with Gasteiger partial charge in [0.05, 0.1) is 9.21 Å². The van der Waals surface area contributed by atoms with Crippen LogP contribution in [0.3, 0.4) is 0 Å². The van der Waals surface area contributed by atoms with Crippen LogP contribution < -0.4 is 10.9 Å². The van der Waals surface area contributed by atoms with Gasteiger partial charge in [-0.25, -0.2) is 4.98 Å². The number of aromatic amines is 1. The first-order valence-electron chi connectivity index (χ1n) is 9.02. The van der Waals surface area contributed by atoms with Crippen LogP contribution in [0.1, 0.15) is 23.9 Å². The Hall–Kier alpha value is -2.97. The average molecular weight is 429 g/mol. The second-order valence-corrected chi connectivity index (χ2v) is 8.16. The van der Waals surface area contributed by atoms with E-state index in [1.165, 1.54) is 17.4 Å². The SMILES string of the molecule is CCc1cc(=O)[nH]c(-c2cccc(NC(=O)[C@@H]3CC(c4ccc(Cl)s4)=NO3)c2)n1. The molecule has 0 aliphatic carbocycles. The first-order chi connectivity index (χ1) is 14.0. The minimum atomic E-state index is -0.712. The van der Waals surface area contributed by atoms with Crippen LogP contribution >= 0.6 is 22.9 Å². The minimum absolute atomic E-state index is 0.209. The Morgan fingerprint density at radius 2 is 2.21 bits per heavy atom. The van der Waals surface area contributed by atoms with E-state index in [9.17, 15) is 9.59 Å². The predicted molar refractivity (Wildman–Crippen MR) is 114 cm³/mol. The van der Waals surface area contributed by atoms with E-state index >= 15 is 0 Å². The third-order valence-electron chi connectivity index (χ3n) is 4.38. The fourth-order valence-electron chi connectivity index (χ4n) is 2.93. The minimum Gasteiger partial charge on any atom is -0.382 e. The molecule has 148 valence electrons. The summed E-state index contributed by atoms with van der Waals surface area (Å²) in [5.41, 5.74) is 2.48. The number of carbonyl (C=O) groups excluding carboxylic acids is 1. The van der Waals surface area contributed by atoms with Gasteiger partial charge in [0.1, 0.15) is 11.5 Å². The molecular weight excluding hydrogens is 412 g/mol. The number of benzene rings is 1. The molecular formula is C20H17ClN4O3S. The van der Waals surface area contributed by atoms with Crippen molar-refractivity contribution in [1.82, 2.24) is 9.97 Å². The van der Waals surface area contributed by atoms with Gasteiger partial charge in [-0.1, -0.05) is 35.8 Å². The molecule has 0 spiro atoms. The van der Waals surface area contributed by atoms with Gasteiger partial charge in [0.2, 0.25) is 6.10 Å². The van der Waals surface area contributed by atoms with Crippen LogP contribution in [0.4, 0.5) is 5.69 Å². The maximum absolute atomic E-state index is 12.6. The molecule has 7 nitrogen and oxygen atoms in total. The molecule has 0 saturated heterocycles. The van der Waals surface area contributed by atoms with Crippen LogP contribution in [0.2, 0.25) is 4.34 Å². The number of hydrogen-bond donors (Lipinski definition) is 2. The number of nitrogens with one attached hydrogen (secondary N) is 2. The van der Waals surface area contributed by atoms with Crippen molar-refractivity contribution in [2.24, 2.45) is 5.16 Å². The molecule has 1 amide bonds. The lowest BCUT2D eigenvalue weighted by Crippen LogP contribution is -2.28. The van der Waals surface area contributed by atoms with Crippen LogP contribution in [0.15, 0.2) is 52.4 Å². The topological polar surface area (TPSA) is 96.4 Å². The van der Waals surface area contributed by atoms with Gasteiger partial charge in [-0.15, -0.1) is 11.3 Å². The van der Waals surface area contributed by atoms with Crippen LogP contribution in [0.5, 0.6) is 0 Å². The molecule has 1 aliphatic heterocycles. The molecule has 3 aromatic rings. The van der Waals surface area contributed by atoms with Gasteiger partial charge >= 0.3 is 0 Å². The smallest absolute Gasteiger partial charge is 0.268 e. The lowest BCUT2D eigenvalue weighted by atomic mass is 10.1. The van der Waals surface area contributed by atoms with Crippen LogP contribution in [-0.2, 0) is 16.1 Å². The lowest BCUT2D eigenvalue weighted by molar-refractivity contribution is -0.125. The lowest BCUT2D eigenvalue weighted by Gasteiger charge is -2.11. The van der Waals surface area contributed by atoms with E-state index in [0.29, 0.717) is 45.7 Å². The molecule has 1 aromatic carbocycles. The second-order valence-electron chi connectivity index (χ2n) is 6.45. The van der Waals surface area contributed by atoms with Gasteiger partial charge in [0, 0.05) is 29.4 Å². The monoisotopic (exact) mass is 428 g/mol. The van der Waals surface area contributed by atoms with Gasteiger partial charge < -0.3 is 15.1 Å². The van der Waals surface area contributed by atoms with Crippen molar-refractivity contribution in [1.29, 1.82) is 0 Å². The number of oxime groups is 1. The van der Waals surface area contributed by atoms with E-state index in [1.807, 2.05) is 19.1 Å². The quantitative estimate of drug-likeness (QED) is 0.645. The first kappa shape index (κ1) is 19.4. The largest absolute Gasteiger partial charge is 0.382 e. The molecule has 3 heterocycles. The zero-order valence-electron chi connectivity index (χ0n) is 15.4. The van der Waals surface area contributed by atoms with E-state index in [2.05, 4.69) is 20.4 Å². The fourth-order valence-corrected chi connectivity index (χ4v) is 3.96. The maximum atomic E-state index is 12.6. The zero-order valence-corrected chi connectivity index (χ0v) is 17.0. The highest BCUT2D eigenvalue weighted by Gasteiger charge is 2.29. The van der Waals surface area contributed by atoms with Crippen LogP contribution in [-0.4, -0.2) is 27.7 Å². The highest BCUT2D eigenvalue weighted by Crippen LogP contribution is 2.27. The standard InChI is InChI=1S/C20H17ClN4O3S/c1-2-12-9-18(26)24-19(22-12)11-4-3-5-13(8-11)23-20(27)15-10-14(25-28-15)16-6-7-17(21)29-16/h3-9,15H,2,10H2,1H3,(H,23,27)(H,22,24,26)/t15-/m0/s1. The Morgan fingerprint density at radius 3 is 2.97 bits per heavy atom. The van der Waals surface area contributed by atoms with Crippen LogP contribution in [0.25, 0.3) is 11.4 Å². The molecule has 4 rings (SSSR count). The van der Waals surface area contributed by atoms with Crippen molar-refractivity contribution >= 4 is 40.2 Å². The Balaban J connectivity index is 1.47. The van der Waals surface area contributed by atoms with Crippen molar-refractivity contribution in [3.05, 3.63) is 67.7 Å². The predicted octanol–water partition coefficient (Wildman–Crippen LogP) is 3.85. The average Bonchev–Trinajstić information content (AvgIpc) is 3.37. The van der Waals surface area contributed by atoms with Gasteiger partial charge in [0.15, 0.2) is 0 Å². The number of halogens is 1. The summed E-state index contributed by atoms with van der Waals surface area (Å²) >= 11 is 7.35. The summed E-state index contributed by atoms with van der Waals surface area (Å²) in [6.45, 7) is 1.93. The van der Waals surface area contributed by atoms with E-state index < -0.39 is 6.10 Å². The maximum Gasteiger partial charge on any atom is 0.268 e. The number of carbonyl (C=O) groups is 1. The molecule has 9 heteroatoms. The van der Waals surface area contributed by atoms with Gasteiger partial charge in [-0.2, -0.15) is 0 Å². The third kappa shape index (κ3) is 4.38. The van der Waals surface area contributed by atoms with Crippen molar-refractivity contribution in [3.8, 4) is 11.4 Å². The van der Waals surface area contributed by atoms with Gasteiger partial charge in [-0.3, -0.25) is 9.59 Å². The van der Waals surface area contributed by atoms with Crippen molar-refractivity contribution in [2.75, 3.05) is 5.32 Å². The molecule has 1 atom stereocenters. The number of nitrogens with zero attached hydrogens (tertiary/aromatic N) is 2. The summed E-state index contributed by atoms with van der Waals surface area (Å²) in [7, 11) is 0. The summed E-state index contributed by atoms with van der Waals surface area (Å²) in [6, 6.07) is 12.2. The first-order valence-corrected chi connectivity index (χ1v) is 10.2. The summed E-state index contributed by atoms with van der Waals surface area (Å²) in [6.07, 6.45) is 0.316. The summed E-state index contributed by atoms with van der Waals surface area (Å²) in [5.74, 6) is 0.162. The van der Waals surface area contributed by atoms with Gasteiger partial charge in [0.25, 0.3) is 11.5 Å². The molecule has 0 radical (unpaired) electrons. The number of rotatable bonds is 5. The highest BCUT2D eigenvalue weighted by molar-refractivity contribution is 7.18. The molecule has 0 unspecified atom stereocenters. The number of hydrogen-bond acceptors (Lipinski definition) is 6. The Kier molecular flexibility index (Phi) is 5.46. The molecule has 1 aliphatic rings. The second kappa shape index (κ2) is 8.18. The third-order valence-corrected chi connectivity index (χ3v) is 5.66. The number of aryl methyl sites for hydroxylation is 1. The zero-order chi connectivity index (χ0) is 20.4. The molecule has 29 heavy (non-hydrogen) atoms. The summed E-state index contributed by atoms with van der Waals surface area (Å²) in [5, 5.41) is 6.85. The number of aromatic nitrogens is 2. The van der Waals surface area contributed by atoms with Crippen molar-refractivity contribution in [2.45, 2.75) is 25.9 Å². The van der Waals surface area contributed by atoms with E-state index in [4.69, 9.17) is 16.4 Å². The Bertz CT molecular complexity index is 1150. The highest BCUT2D eigenvalue weighted by atomic mass is 35.5. The fraction of sp³-hybridized carbons (Fsp3) is 0.200. The van der Waals surface area contributed by atoms with E-state index in [1.54, 1.807) is 24.3 Å². The van der Waals surface area contributed by atoms with E-state index in [-0.39, 0.29) is 11.5 Å². The molecule has 0 fully saturated rings. The van der Waals surface area contributed by atoms with E-state index in [0.717, 1.165) is 4.88 Å². The van der Waals surface area contributed by atoms with Crippen molar-refractivity contribution in [3.63, 3.8) is 0 Å². The number of thiophene rings is 1. The van der Waals surface area contributed by atoms with Gasteiger partial charge in [-0.05, 0) is 30.7 Å². The molecule has 0 saturated carbocycles. The molecule has 2 aromatic heterocycles. The summed E-state index contributed by atoms with van der Waals surface area (Å²) < 4.78 is 0.659.